The third-order valence-electron chi connectivity index (χ3n) is 4.85. The van der Waals surface area contributed by atoms with E-state index >= 15 is 0 Å². The van der Waals surface area contributed by atoms with E-state index in [2.05, 4.69) is 4.98 Å². The third kappa shape index (κ3) is 3.29. The van der Waals surface area contributed by atoms with Gasteiger partial charge >= 0.3 is 5.91 Å². The molecule has 3 aromatic rings. The maximum Gasteiger partial charge on any atom is 0.301 e. The number of rotatable bonds is 3. The lowest BCUT2D eigenvalue weighted by Gasteiger charge is -2.24. The van der Waals surface area contributed by atoms with Gasteiger partial charge in [0.25, 0.3) is 5.78 Å². The van der Waals surface area contributed by atoms with Crippen molar-refractivity contribution in [2.45, 2.75) is 13.0 Å². The van der Waals surface area contributed by atoms with Crippen molar-refractivity contribution in [2.24, 2.45) is 0 Å². The van der Waals surface area contributed by atoms with Crippen LogP contribution in [0.5, 0.6) is 0 Å². The molecule has 1 atom stereocenters. The number of hydrogen-bond donors (Lipinski definition) is 1. The monoisotopic (exact) mass is 388 g/mol. The Morgan fingerprint density at radius 1 is 1.00 bits per heavy atom. The lowest BCUT2D eigenvalue weighted by molar-refractivity contribution is -0.132. The molecule has 0 bridgehead atoms. The van der Waals surface area contributed by atoms with Crippen molar-refractivity contribution in [3.05, 3.63) is 101 Å². The minimum Gasteiger partial charge on any atom is -0.507 e. The summed E-state index contributed by atoms with van der Waals surface area (Å²) in [5, 5.41) is 10.9. The van der Waals surface area contributed by atoms with Crippen LogP contribution in [0.3, 0.4) is 0 Å². The molecule has 0 spiro atoms. The highest BCUT2D eigenvalue weighted by Gasteiger charge is 2.47. The van der Waals surface area contributed by atoms with Gasteiger partial charge in [0.05, 0.1) is 11.6 Å². The topological polar surface area (TPSA) is 70.5 Å². The molecular weight excluding hydrogens is 371 g/mol. The van der Waals surface area contributed by atoms with Gasteiger partial charge in [-0.25, -0.2) is 9.37 Å². The number of carbonyl (C=O) groups is 2. The fourth-order valence-corrected chi connectivity index (χ4v) is 3.39. The molecule has 0 aliphatic carbocycles. The normalized spacial score (nSPS) is 18.3. The SMILES string of the molecule is Cc1ccc(/C(O)=C2\C(=O)C(=O)N(c3ccccn3)[C@H]2c2ccc(F)cc2)cc1. The minimum atomic E-state index is -0.924. The summed E-state index contributed by atoms with van der Waals surface area (Å²) in [5.41, 5.74) is 1.84. The van der Waals surface area contributed by atoms with Crippen molar-refractivity contribution in [1.29, 1.82) is 0 Å². The summed E-state index contributed by atoms with van der Waals surface area (Å²) in [6.45, 7) is 1.91. The molecule has 1 saturated heterocycles. The molecule has 1 aliphatic rings. The predicted molar refractivity (Wildman–Crippen MR) is 107 cm³/mol. The zero-order valence-corrected chi connectivity index (χ0v) is 15.5. The maximum atomic E-state index is 13.5. The standard InChI is InChI=1S/C23H17FN2O3/c1-14-5-7-16(8-6-14)21(27)19-20(15-9-11-17(24)12-10-15)26(23(29)22(19)28)18-4-2-3-13-25-18/h2-13,20,27H,1H3/b21-19+/t20-/m0/s1. The Kier molecular flexibility index (Phi) is 4.68. The molecule has 5 nitrogen and oxygen atoms in total. The largest absolute Gasteiger partial charge is 0.507 e. The zero-order chi connectivity index (χ0) is 20.5. The van der Waals surface area contributed by atoms with Crippen molar-refractivity contribution >= 4 is 23.3 Å². The Bertz CT molecular complexity index is 1110. The van der Waals surface area contributed by atoms with Gasteiger partial charge in [-0.05, 0) is 36.8 Å². The van der Waals surface area contributed by atoms with Crippen LogP contribution < -0.4 is 4.90 Å². The Labute approximate surface area is 166 Å². The van der Waals surface area contributed by atoms with Crippen LogP contribution in [0.1, 0.15) is 22.7 Å². The molecule has 2 aromatic carbocycles. The number of aliphatic hydroxyl groups excluding tert-OH is 1. The van der Waals surface area contributed by atoms with Crippen molar-refractivity contribution < 1.29 is 19.1 Å². The molecule has 0 unspecified atom stereocenters. The zero-order valence-electron chi connectivity index (χ0n) is 15.5. The van der Waals surface area contributed by atoms with E-state index in [9.17, 15) is 19.1 Å². The molecule has 1 amide bonds. The summed E-state index contributed by atoms with van der Waals surface area (Å²) >= 11 is 0. The Morgan fingerprint density at radius 3 is 2.31 bits per heavy atom. The van der Waals surface area contributed by atoms with Crippen LogP contribution in [-0.2, 0) is 9.59 Å². The van der Waals surface area contributed by atoms with Gasteiger partial charge in [-0.1, -0.05) is 48.0 Å². The lowest BCUT2D eigenvalue weighted by Crippen LogP contribution is -2.30. The van der Waals surface area contributed by atoms with E-state index in [0.29, 0.717) is 11.1 Å². The van der Waals surface area contributed by atoms with Crippen molar-refractivity contribution in [2.75, 3.05) is 4.90 Å². The van der Waals surface area contributed by atoms with Gasteiger partial charge in [0, 0.05) is 11.8 Å². The number of hydrogen-bond acceptors (Lipinski definition) is 4. The first-order valence-corrected chi connectivity index (χ1v) is 9.02. The summed E-state index contributed by atoms with van der Waals surface area (Å²) < 4.78 is 13.5. The number of amides is 1. The fraction of sp³-hybridized carbons (Fsp3) is 0.0870. The third-order valence-corrected chi connectivity index (χ3v) is 4.85. The number of halogens is 1. The van der Waals surface area contributed by atoms with Gasteiger partial charge in [-0.3, -0.25) is 14.5 Å². The number of anilines is 1. The van der Waals surface area contributed by atoms with Gasteiger partial charge in [-0.2, -0.15) is 0 Å². The van der Waals surface area contributed by atoms with Crippen LogP contribution in [0, 0.1) is 12.7 Å². The Balaban J connectivity index is 1.94. The average molecular weight is 388 g/mol. The van der Waals surface area contributed by atoms with Crippen molar-refractivity contribution in [1.82, 2.24) is 4.98 Å². The molecule has 1 fully saturated rings. The molecule has 144 valence electrons. The van der Waals surface area contributed by atoms with Crippen molar-refractivity contribution in [3.63, 3.8) is 0 Å². The van der Waals surface area contributed by atoms with E-state index in [0.717, 1.165) is 5.56 Å². The summed E-state index contributed by atoms with van der Waals surface area (Å²) in [6, 6.07) is 16.5. The summed E-state index contributed by atoms with van der Waals surface area (Å²) in [5.74, 6) is -2.07. The molecular formula is C23H17FN2O3. The number of benzene rings is 2. The first-order valence-electron chi connectivity index (χ1n) is 9.02. The molecule has 6 heteroatoms. The molecule has 2 heterocycles. The molecule has 1 N–H and O–H groups in total. The van der Waals surface area contributed by atoms with Crippen molar-refractivity contribution in [3.8, 4) is 0 Å². The Morgan fingerprint density at radius 2 is 1.69 bits per heavy atom. The molecule has 4 rings (SSSR count). The summed E-state index contributed by atoms with van der Waals surface area (Å²) in [6.07, 6.45) is 1.51. The van der Waals surface area contributed by atoms with Gasteiger partial charge < -0.3 is 5.11 Å². The second-order valence-electron chi connectivity index (χ2n) is 6.77. The molecule has 1 aromatic heterocycles. The number of Topliss-reactive ketones (excluding diaryl/α,β-unsaturated/α-hetero) is 1. The predicted octanol–water partition coefficient (Wildman–Crippen LogP) is 4.16. The van der Waals surface area contributed by atoms with Crippen LogP contribution in [-0.4, -0.2) is 21.8 Å². The van der Waals surface area contributed by atoms with Gasteiger partial charge in [0.2, 0.25) is 0 Å². The number of nitrogens with zero attached hydrogens (tertiary/aromatic N) is 2. The van der Waals surface area contributed by atoms with Gasteiger partial charge in [-0.15, -0.1) is 0 Å². The molecule has 29 heavy (non-hydrogen) atoms. The van der Waals surface area contributed by atoms with E-state index in [4.69, 9.17) is 0 Å². The van der Waals surface area contributed by atoms with Crippen LogP contribution in [0.15, 0.2) is 78.5 Å². The highest BCUT2D eigenvalue weighted by atomic mass is 19.1. The highest BCUT2D eigenvalue weighted by Crippen LogP contribution is 2.41. The number of aryl methyl sites for hydroxylation is 1. The van der Waals surface area contributed by atoms with Crippen LogP contribution in [0.25, 0.3) is 5.76 Å². The molecule has 0 saturated carbocycles. The maximum absolute atomic E-state index is 13.5. The van der Waals surface area contributed by atoms with Crippen LogP contribution in [0.2, 0.25) is 0 Å². The minimum absolute atomic E-state index is 0.0592. The van der Waals surface area contributed by atoms with Gasteiger partial charge in [0.15, 0.2) is 0 Å². The second kappa shape index (κ2) is 7.31. The van der Waals surface area contributed by atoms with E-state index in [-0.39, 0.29) is 17.2 Å². The second-order valence-corrected chi connectivity index (χ2v) is 6.77. The summed E-state index contributed by atoms with van der Waals surface area (Å²) in [4.78, 5) is 31.2. The number of carbonyl (C=O) groups excluding carboxylic acids is 2. The van der Waals surface area contributed by atoms with E-state index in [1.165, 1.54) is 35.4 Å². The lowest BCUT2D eigenvalue weighted by atomic mass is 9.95. The number of pyridine rings is 1. The highest BCUT2D eigenvalue weighted by molar-refractivity contribution is 6.51. The van der Waals surface area contributed by atoms with E-state index < -0.39 is 23.5 Å². The number of ketones is 1. The fourth-order valence-electron chi connectivity index (χ4n) is 3.39. The van der Waals surface area contributed by atoms with E-state index in [1.54, 1.807) is 42.5 Å². The Hall–Kier alpha value is -3.80. The first-order chi connectivity index (χ1) is 14.0. The quantitative estimate of drug-likeness (QED) is 0.416. The molecule has 1 aliphatic heterocycles. The number of aromatic nitrogens is 1. The van der Waals surface area contributed by atoms with Crippen LogP contribution >= 0.6 is 0 Å². The first kappa shape index (κ1) is 18.6. The van der Waals surface area contributed by atoms with E-state index in [1.807, 2.05) is 6.92 Å². The van der Waals surface area contributed by atoms with Crippen LogP contribution in [0.4, 0.5) is 10.2 Å². The smallest absolute Gasteiger partial charge is 0.301 e. The van der Waals surface area contributed by atoms with Gasteiger partial charge in [0.1, 0.15) is 17.4 Å². The average Bonchev–Trinajstić information content (AvgIpc) is 3.00. The number of aliphatic hydroxyl groups is 1. The molecule has 0 radical (unpaired) electrons. The summed E-state index contributed by atoms with van der Waals surface area (Å²) in [7, 11) is 0.